The monoisotopic (exact) mass is 369 g/mol. The molecule has 3 heterocycles. The molecule has 0 radical (unpaired) electrons. The van der Waals surface area contributed by atoms with E-state index in [0.717, 1.165) is 38.0 Å². The number of hydrogen-bond donors (Lipinski definition) is 2. The third-order valence-corrected chi connectivity index (χ3v) is 5.16. The van der Waals surface area contributed by atoms with Gasteiger partial charge in [-0.25, -0.2) is 9.97 Å². The molecule has 0 spiro atoms. The molecule has 144 valence electrons. The van der Waals surface area contributed by atoms with Crippen molar-refractivity contribution in [1.82, 2.24) is 25.2 Å². The van der Waals surface area contributed by atoms with Crippen LogP contribution >= 0.6 is 0 Å². The fourth-order valence-electron chi connectivity index (χ4n) is 3.54. The fourth-order valence-corrected chi connectivity index (χ4v) is 3.54. The van der Waals surface area contributed by atoms with Gasteiger partial charge in [0, 0.05) is 25.3 Å². The first-order valence-corrected chi connectivity index (χ1v) is 9.36. The van der Waals surface area contributed by atoms with Crippen molar-refractivity contribution in [1.29, 1.82) is 0 Å². The summed E-state index contributed by atoms with van der Waals surface area (Å²) in [6, 6.07) is 0.0564. The quantitative estimate of drug-likeness (QED) is 0.792. The average molecular weight is 369 g/mol. The summed E-state index contributed by atoms with van der Waals surface area (Å²) in [6.07, 6.45) is 7.38. The Kier molecular flexibility index (Phi) is 5.30. The molecule has 3 rings (SSSR count). The second-order valence-corrected chi connectivity index (χ2v) is 7.91. The van der Waals surface area contributed by atoms with Crippen LogP contribution in [0.4, 0.5) is 0 Å². The minimum Gasteiger partial charge on any atom is -0.350 e. The van der Waals surface area contributed by atoms with E-state index in [2.05, 4.69) is 28.8 Å². The highest BCUT2D eigenvalue weighted by molar-refractivity contribution is 6.04. The van der Waals surface area contributed by atoms with E-state index in [1.54, 1.807) is 12.4 Å². The molecule has 2 aromatic heterocycles. The first kappa shape index (κ1) is 19.1. The average Bonchev–Trinajstić information content (AvgIpc) is 3.04. The molecule has 0 unspecified atom stereocenters. The Morgan fingerprint density at radius 3 is 2.74 bits per heavy atom. The number of nitrogens with zero attached hydrogens (tertiary/aromatic N) is 3. The van der Waals surface area contributed by atoms with Gasteiger partial charge in [-0.15, -0.1) is 0 Å². The van der Waals surface area contributed by atoms with Gasteiger partial charge in [-0.05, 0) is 44.6 Å². The third-order valence-electron chi connectivity index (χ3n) is 5.16. The second kappa shape index (κ2) is 7.50. The van der Waals surface area contributed by atoms with Crippen LogP contribution in [0.2, 0.25) is 0 Å². The normalized spacial score (nSPS) is 16.5. The number of nitrogens with one attached hydrogen (secondary N) is 2. The van der Waals surface area contributed by atoms with Crippen LogP contribution in [0.25, 0.3) is 11.2 Å². The first-order chi connectivity index (χ1) is 12.8. The molecule has 0 saturated carbocycles. The van der Waals surface area contributed by atoms with Crippen molar-refractivity contribution >= 4 is 23.0 Å². The Labute approximate surface area is 159 Å². The molecule has 2 N–H and O–H groups in total. The maximum absolute atomic E-state index is 12.4. The number of carbonyl (C=O) groups excluding carboxylic acids is 2. The van der Waals surface area contributed by atoms with E-state index < -0.39 is 0 Å². The first-order valence-electron chi connectivity index (χ1n) is 9.36. The lowest BCUT2D eigenvalue weighted by Gasteiger charge is -2.39. The van der Waals surface area contributed by atoms with E-state index in [-0.39, 0.29) is 23.3 Å². The molecule has 0 aromatic carbocycles. The fraction of sp³-hybridized carbons (Fsp3) is 0.500. The summed E-state index contributed by atoms with van der Waals surface area (Å²) in [4.78, 5) is 38.2. The molecule has 2 amide bonds. The van der Waals surface area contributed by atoms with Gasteiger partial charge < -0.3 is 15.2 Å². The molecule has 1 aliphatic rings. The molecular weight excluding hydrogens is 342 g/mol. The van der Waals surface area contributed by atoms with Gasteiger partial charge in [0.15, 0.2) is 5.65 Å². The Balaban J connectivity index is 1.76. The van der Waals surface area contributed by atoms with Crippen LogP contribution in [0.1, 0.15) is 49.7 Å². The molecule has 1 fully saturated rings. The zero-order valence-electron chi connectivity index (χ0n) is 16.2. The van der Waals surface area contributed by atoms with Crippen molar-refractivity contribution in [3.05, 3.63) is 36.3 Å². The summed E-state index contributed by atoms with van der Waals surface area (Å²) >= 11 is 0. The van der Waals surface area contributed by atoms with Crippen molar-refractivity contribution in [3.63, 3.8) is 0 Å². The molecule has 0 aliphatic carbocycles. The van der Waals surface area contributed by atoms with E-state index >= 15 is 0 Å². The number of hydrogen-bond acceptors (Lipinski definition) is 4. The Hall–Kier alpha value is -2.70. The lowest BCUT2D eigenvalue weighted by Crippen LogP contribution is -2.42. The van der Waals surface area contributed by atoms with Crippen LogP contribution in [0.5, 0.6) is 0 Å². The number of fused-ring (bicyclic) bond motifs is 1. The van der Waals surface area contributed by atoms with Gasteiger partial charge >= 0.3 is 0 Å². The molecule has 2 aromatic rings. The highest BCUT2D eigenvalue weighted by atomic mass is 16.2. The van der Waals surface area contributed by atoms with Gasteiger partial charge in [0.25, 0.3) is 5.91 Å². The van der Waals surface area contributed by atoms with Gasteiger partial charge in [0.05, 0.1) is 17.5 Å². The van der Waals surface area contributed by atoms with E-state index in [1.165, 1.54) is 6.08 Å². The molecule has 1 aliphatic heterocycles. The number of aromatic nitrogens is 3. The predicted molar refractivity (Wildman–Crippen MR) is 104 cm³/mol. The lowest BCUT2D eigenvalue weighted by molar-refractivity contribution is -0.128. The Morgan fingerprint density at radius 1 is 1.41 bits per heavy atom. The summed E-state index contributed by atoms with van der Waals surface area (Å²) in [6.45, 7) is 11.1. The number of H-pyrrole nitrogens is 1. The summed E-state index contributed by atoms with van der Waals surface area (Å²) < 4.78 is 0. The van der Waals surface area contributed by atoms with E-state index in [1.807, 2.05) is 18.7 Å². The zero-order valence-corrected chi connectivity index (χ0v) is 16.2. The van der Waals surface area contributed by atoms with Crippen molar-refractivity contribution in [2.24, 2.45) is 5.41 Å². The summed E-state index contributed by atoms with van der Waals surface area (Å²) in [5.41, 5.74) is 2.66. The SMILES string of the molecule is C=CC(=O)N1CCC(C)(Cc2cnc3[nH]cc(C(=O)NC(C)C)c3n2)CC1. The molecule has 0 bridgehead atoms. The second-order valence-electron chi connectivity index (χ2n) is 7.91. The van der Waals surface area contributed by atoms with Crippen molar-refractivity contribution in [2.75, 3.05) is 13.1 Å². The molecule has 7 heteroatoms. The smallest absolute Gasteiger partial charge is 0.255 e. The Bertz CT molecular complexity index is 862. The van der Waals surface area contributed by atoms with Crippen LogP contribution in [0.3, 0.4) is 0 Å². The summed E-state index contributed by atoms with van der Waals surface area (Å²) in [5, 5.41) is 2.89. The highest BCUT2D eigenvalue weighted by Crippen LogP contribution is 2.34. The number of carbonyl (C=O) groups is 2. The standard InChI is InChI=1S/C20H27N5O2/c1-5-16(26)25-8-6-20(4,7-9-25)10-14-11-21-18-17(24-14)15(12-22-18)19(27)23-13(2)3/h5,11-13H,1,6-10H2,2-4H3,(H,21,22)(H,23,27). The molecule has 1 saturated heterocycles. The lowest BCUT2D eigenvalue weighted by atomic mass is 9.76. The maximum Gasteiger partial charge on any atom is 0.255 e. The van der Waals surface area contributed by atoms with Gasteiger partial charge in [0.2, 0.25) is 5.91 Å². The largest absolute Gasteiger partial charge is 0.350 e. The van der Waals surface area contributed by atoms with Crippen LogP contribution in [-0.4, -0.2) is 50.8 Å². The van der Waals surface area contributed by atoms with Gasteiger partial charge in [-0.3, -0.25) is 9.59 Å². The molecule has 0 atom stereocenters. The molecular formula is C20H27N5O2. The van der Waals surface area contributed by atoms with Crippen LogP contribution in [0.15, 0.2) is 25.0 Å². The number of aromatic amines is 1. The van der Waals surface area contributed by atoms with E-state index in [9.17, 15) is 9.59 Å². The van der Waals surface area contributed by atoms with Crippen molar-refractivity contribution < 1.29 is 9.59 Å². The zero-order chi connectivity index (χ0) is 19.6. The summed E-state index contributed by atoms with van der Waals surface area (Å²) in [7, 11) is 0. The molecule has 27 heavy (non-hydrogen) atoms. The van der Waals surface area contributed by atoms with Crippen LogP contribution in [0, 0.1) is 5.41 Å². The third kappa shape index (κ3) is 4.18. The maximum atomic E-state index is 12.4. The summed E-state index contributed by atoms with van der Waals surface area (Å²) in [5.74, 6) is -0.156. The number of likely N-dealkylation sites (tertiary alicyclic amines) is 1. The van der Waals surface area contributed by atoms with Crippen LogP contribution in [-0.2, 0) is 11.2 Å². The van der Waals surface area contributed by atoms with Gasteiger partial charge in [0.1, 0.15) is 5.52 Å². The Morgan fingerprint density at radius 2 is 2.11 bits per heavy atom. The number of rotatable bonds is 5. The highest BCUT2D eigenvalue weighted by Gasteiger charge is 2.32. The predicted octanol–water partition coefficient (Wildman–Crippen LogP) is 2.45. The molecule has 7 nitrogen and oxygen atoms in total. The van der Waals surface area contributed by atoms with Crippen molar-refractivity contribution in [2.45, 2.75) is 46.1 Å². The van der Waals surface area contributed by atoms with Crippen molar-refractivity contribution in [3.8, 4) is 0 Å². The minimum atomic E-state index is -0.148. The number of piperidine rings is 1. The van der Waals surface area contributed by atoms with Gasteiger partial charge in [-0.2, -0.15) is 0 Å². The van der Waals surface area contributed by atoms with E-state index in [4.69, 9.17) is 4.98 Å². The van der Waals surface area contributed by atoms with Crippen LogP contribution < -0.4 is 5.32 Å². The minimum absolute atomic E-state index is 0.00797. The van der Waals surface area contributed by atoms with E-state index in [0.29, 0.717) is 16.7 Å². The van der Waals surface area contributed by atoms with Gasteiger partial charge in [-0.1, -0.05) is 13.5 Å². The topological polar surface area (TPSA) is 91.0 Å². The number of amides is 2.